The molecule has 1 heterocycles. The van der Waals surface area contributed by atoms with Gasteiger partial charge in [0.25, 0.3) is 5.56 Å². The van der Waals surface area contributed by atoms with Crippen molar-refractivity contribution in [1.29, 1.82) is 0 Å². The van der Waals surface area contributed by atoms with E-state index in [4.69, 9.17) is 0 Å². The maximum absolute atomic E-state index is 11.9. The Bertz CT molecular complexity index is 644. The number of fused-ring (bicyclic) bond motifs is 1. The van der Waals surface area contributed by atoms with Gasteiger partial charge in [0.1, 0.15) is 0 Å². The summed E-state index contributed by atoms with van der Waals surface area (Å²) in [5.41, 5.74) is 1.64. The summed E-state index contributed by atoms with van der Waals surface area (Å²) in [7, 11) is 0. The van der Waals surface area contributed by atoms with E-state index >= 15 is 0 Å². The molecule has 0 aliphatic heterocycles. The molecule has 1 saturated carbocycles. The molecule has 1 fully saturated rings. The molecule has 0 amide bonds. The highest BCUT2D eigenvalue weighted by molar-refractivity contribution is 5.78. The number of H-pyrrole nitrogens is 1. The highest BCUT2D eigenvalue weighted by atomic mass is 16.3. The number of hydrogen-bond donors (Lipinski definition) is 3. The van der Waals surface area contributed by atoms with Crippen LogP contribution in [-0.2, 0) is 6.54 Å². The Morgan fingerprint density at radius 1 is 1.32 bits per heavy atom. The molecule has 0 atom stereocenters. The van der Waals surface area contributed by atoms with Crippen molar-refractivity contribution in [2.75, 3.05) is 13.2 Å². The summed E-state index contributed by atoms with van der Waals surface area (Å²) in [6.45, 7) is 1.55. The SMILES string of the molecule is O=c1[nH]c2ccccc2cc1CNCC1(CO)CC1. The second-order valence-corrected chi connectivity index (χ2v) is 5.47. The first-order valence-corrected chi connectivity index (χ1v) is 6.65. The second kappa shape index (κ2) is 4.79. The van der Waals surface area contributed by atoms with Crippen LogP contribution in [0.5, 0.6) is 0 Å². The normalized spacial score (nSPS) is 16.7. The first-order chi connectivity index (χ1) is 9.22. The molecule has 1 aliphatic rings. The third kappa shape index (κ3) is 2.55. The summed E-state index contributed by atoms with van der Waals surface area (Å²) in [4.78, 5) is 14.8. The van der Waals surface area contributed by atoms with Crippen molar-refractivity contribution in [2.45, 2.75) is 19.4 Å². The van der Waals surface area contributed by atoms with Gasteiger partial charge >= 0.3 is 0 Å². The number of nitrogens with one attached hydrogen (secondary N) is 2. The van der Waals surface area contributed by atoms with E-state index in [0.717, 1.165) is 35.9 Å². The van der Waals surface area contributed by atoms with Crippen LogP contribution >= 0.6 is 0 Å². The van der Waals surface area contributed by atoms with Gasteiger partial charge in [-0.15, -0.1) is 0 Å². The van der Waals surface area contributed by atoms with Crippen LogP contribution in [0.2, 0.25) is 0 Å². The number of aliphatic hydroxyl groups is 1. The van der Waals surface area contributed by atoms with Crippen molar-refractivity contribution in [2.24, 2.45) is 5.41 Å². The highest BCUT2D eigenvalue weighted by Gasteiger charge is 2.41. The number of aromatic nitrogens is 1. The molecule has 1 aromatic heterocycles. The fraction of sp³-hybridized carbons (Fsp3) is 0.400. The van der Waals surface area contributed by atoms with Gasteiger partial charge in [-0.1, -0.05) is 18.2 Å². The van der Waals surface area contributed by atoms with Crippen molar-refractivity contribution in [3.8, 4) is 0 Å². The van der Waals surface area contributed by atoms with Crippen LogP contribution < -0.4 is 10.9 Å². The van der Waals surface area contributed by atoms with Crippen molar-refractivity contribution in [3.05, 3.63) is 46.2 Å². The van der Waals surface area contributed by atoms with Crippen LogP contribution in [0.3, 0.4) is 0 Å². The highest BCUT2D eigenvalue weighted by Crippen LogP contribution is 2.44. The Morgan fingerprint density at radius 2 is 2.11 bits per heavy atom. The summed E-state index contributed by atoms with van der Waals surface area (Å²) in [6.07, 6.45) is 2.15. The van der Waals surface area contributed by atoms with E-state index in [1.165, 1.54) is 0 Å². The van der Waals surface area contributed by atoms with Gasteiger partial charge in [0.2, 0.25) is 0 Å². The van der Waals surface area contributed by atoms with E-state index in [1.807, 2.05) is 30.3 Å². The second-order valence-electron chi connectivity index (χ2n) is 5.47. The minimum absolute atomic E-state index is 0.0416. The van der Waals surface area contributed by atoms with E-state index in [0.29, 0.717) is 6.54 Å². The Kier molecular flexibility index (Phi) is 3.12. The van der Waals surface area contributed by atoms with Crippen molar-refractivity contribution < 1.29 is 5.11 Å². The first kappa shape index (κ1) is 12.4. The molecule has 1 aliphatic carbocycles. The minimum Gasteiger partial charge on any atom is -0.396 e. The fourth-order valence-corrected chi connectivity index (χ4v) is 2.35. The molecule has 1 aromatic carbocycles. The third-order valence-electron chi connectivity index (χ3n) is 3.94. The molecule has 2 aromatic rings. The number of para-hydroxylation sites is 1. The predicted octanol–water partition coefficient (Wildman–Crippen LogP) is 1.39. The monoisotopic (exact) mass is 258 g/mol. The van der Waals surface area contributed by atoms with E-state index in [9.17, 15) is 9.90 Å². The molecule has 100 valence electrons. The molecule has 0 spiro atoms. The zero-order valence-corrected chi connectivity index (χ0v) is 10.8. The molecular formula is C15H18N2O2. The molecule has 0 radical (unpaired) electrons. The lowest BCUT2D eigenvalue weighted by atomic mass is 10.1. The van der Waals surface area contributed by atoms with E-state index in [2.05, 4.69) is 10.3 Å². The van der Waals surface area contributed by atoms with Gasteiger partial charge < -0.3 is 15.4 Å². The smallest absolute Gasteiger partial charge is 0.252 e. The van der Waals surface area contributed by atoms with Crippen LogP contribution in [-0.4, -0.2) is 23.2 Å². The lowest BCUT2D eigenvalue weighted by molar-refractivity contribution is 0.207. The maximum Gasteiger partial charge on any atom is 0.252 e. The van der Waals surface area contributed by atoms with Crippen LogP contribution in [0.1, 0.15) is 18.4 Å². The number of aromatic amines is 1. The van der Waals surface area contributed by atoms with Gasteiger partial charge in [-0.2, -0.15) is 0 Å². The van der Waals surface area contributed by atoms with E-state index < -0.39 is 0 Å². The van der Waals surface area contributed by atoms with Gasteiger partial charge in [0.05, 0.1) is 0 Å². The van der Waals surface area contributed by atoms with Crippen molar-refractivity contribution in [1.82, 2.24) is 10.3 Å². The van der Waals surface area contributed by atoms with Gasteiger partial charge in [-0.25, -0.2) is 0 Å². The number of benzene rings is 1. The lowest BCUT2D eigenvalue weighted by Crippen LogP contribution is -2.28. The number of hydrogen-bond acceptors (Lipinski definition) is 3. The van der Waals surface area contributed by atoms with E-state index in [1.54, 1.807) is 0 Å². The Labute approximate surface area is 111 Å². The Morgan fingerprint density at radius 3 is 2.84 bits per heavy atom. The summed E-state index contributed by atoms with van der Waals surface area (Å²) < 4.78 is 0. The Hall–Kier alpha value is -1.65. The van der Waals surface area contributed by atoms with E-state index in [-0.39, 0.29) is 17.6 Å². The molecule has 19 heavy (non-hydrogen) atoms. The topological polar surface area (TPSA) is 65.1 Å². The number of aliphatic hydroxyl groups excluding tert-OH is 1. The zero-order valence-electron chi connectivity index (χ0n) is 10.8. The Balaban J connectivity index is 1.73. The molecule has 0 bridgehead atoms. The largest absolute Gasteiger partial charge is 0.396 e. The van der Waals surface area contributed by atoms with Gasteiger partial charge in [-0.05, 0) is 30.4 Å². The molecule has 3 rings (SSSR count). The molecule has 3 N–H and O–H groups in total. The lowest BCUT2D eigenvalue weighted by Gasteiger charge is -2.12. The molecule has 4 nitrogen and oxygen atoms in total. The third-order valence-corrected chi connectivity index (χ3v) is 3.94. The van der Waals surface area contributed by atoms with Crippen molar-refractivity contribution in [3.63, 3.8) is 0 Å². The average Bonchev–Trinajstić information content (AvgIpc) is 3.20. The summed E-state index contributed by atoms with van der Waals surface area (Å²) in [5, 5.41) is 13.6. The molecule has 0 saturated heterocycles. The van der Waals surface area contributed by atoms with Crippen LogP contribution in [0, 0.1) is 5.41 Å². The zero-order chi connectivity index (χ0) is 13.3. The van der Waals surface area contributed by atoms with Crippen LogP contribution in [0.4, 0.5) is 0 Å². The summed E-state index contributed by atoms with van der Waals surface area (Å²) in [6, 6.07) is 9.70. The first-order valence-electron chi connectivity index (χ1n) is 6.65. The standard InChI is InChI=1S/C15H18N2O2/c18-10-15(5-6-15)9-16-8-12-7-11-3-1-2-4-13(11)17-14(12)19/h1-4,7,16,18H,5-6,8-10H2,(H,17,19). The van der Waals surface area contributed by atoms with Crippen LogP contribution in [0.25, 0.3) is 10.9 Å². The summed E-state index contributed by atoms with van der Waals surface area (Å²) in [5.74, 6) is 0. The van der Waals surface area contributed by atoms with Gasteiger partial charge in [0, 0.05) is 36.2 Å². The number of pyridine rings is 1. The van der Waals surface area contributed by atoms with Crippen LogP contribution in [0.15, 0.2) is 35.1 Å². The van der Waals surface area contributed by atoms with Gasteiger partial charge in [0.15, 0.2) is 0 Å². The maximum atomic E-state index is 11.9. The molecule has 4 heteroatoms. The molecular weight excluding hydrogens is 240 g/mol. The predicted molar refractivity (Wildman–Crippen MR) is 75.0 cm³/mol. The number of rotatable bonds is 5. The molecule has 0 unspecified atom stereocenters. The quantitative estimate of drug-likeness (QED) is 0.759. The minimum atomic E-state index is -0.0416. The van der Waals surface area contributed by atoms with Crippen molar-refractivity contribution >= 4 is 10.9 Å². The summed E-state index contributed by atoms with van der Waals surface area (Å²) >= 11 is 0. The van der Waals surface area contributed by atoms with Gasteiger partial charge in [-0.3, -0.25) is 4.79 Å². The fourth-order valence-electron chi connectivity index (χ4n) is 2.35. The average molecular weight is 258 g/mol.